The van der Waals surface area contributed by atoms with Crippen molar-refractivity contribution in [1.82, 2.24) is 5.32 Å². The van der Waals surface area contributed by atoms with E-state index in [9.17, 15) is 27.6 Å². The van der Waals surface area contributed by atoms with Gasteiger partial charge in [0.15, 0.2) is 6.61 Å². The summed E-state index contributed by atoms with van der Waals surface area (Å²) in [5.74, 6) is -1.29. The van der Waals surface area contributed by atoms with Gasteiger partial charge in [-0.1, -0.05) is 35.3 Å². The van der Waals surface area contributed by atoms with E-state index in [0.29, 0.717) is 23.0 Å². The summed E-state index contributed by atoms with van der Waals surface area (Å²) in [6.45, 7) is 0.0819. The molecular formula is C27H22Cl2F3N3O4. The molecule has 4 rings (SSSR count). The van der Waals surface area contributed by atoms with Gasteiger partial charge in [0.2, 0.25) is 11.8 Å². The quantitative estimate of drug-likeness (QED) is 0.358. The number of rotatable bonds is 8. The lowest BCUT2D eigenvalue weighted by atomic mass is 10.1. The summed E-state index contributed by atoms with van der Waals surface area (Å²) in [7, 11) is 0. The van der Waals surface area contributed by atoms with Crippen LogP contribution in [0.5, 0.6) is 5.75 Å². The highest BCUT2D eigenvalue weighted by Crippen LogP contribution is 2.36. The number of hydrogen-bond acceptors (Lipinski definition) is 4. The Balaban J connectivity index is 1.27. The van der Waals surface area contributed by atoms with E-state index >= 15 is 0 Å². The fraction of sp³-hybridized carbons (Fsp3) is 0.222. The van der Waals surface area contributed by atoms with E-state index in [1.54, 1.807) is 36.4 Å². The van der Waals surface area contributed by atoms with E-state index in [-0.39, 0.29) is 30.5 Å². The molecule has 0 saturated carbocycles. The van der Waals surface area contributed by atoms with Gasteiger partial charge in [-0.2, -0.15) is 13.2 Å². The zero-order chi connectivity index (χ0) is 28.2. The summed E-state index contributed by atoms with van der Waals surface area (Å²) < 4.78 is 44.4. The number of halogens is 5. The fourth-order valence-corrected chi connectivity index (χ4v) is 4.31. The molecule has 1 atom stereocenters. The smallest absolute Gasteiger partial charge is 0.417 e. The Morgan fingerprint density at radius 2 is 1.69 bits per heavy atom. The summed E-state index contributed by atoms with van der Waals surface area (Å²) in [5.41, 5.74) is 0.314. The van der Waals surface area contributed by atoms with Gasteiger partial charge in [-0.3, -0.25) is 14.4 Å². The molecule has 0 aliphatic carbocycles. The summed E-state index contributed by atoms with van der Waals surface area (Å²) in [4.78, 5) is 38.8. The Labute approximate surface area is 231 Å². The first kappa shape index (κ1) is 28.3. The monoisotopic (exact) mass is 579 g/mol. The van der Waals surface area contributed by atoms with Gasteiger partial charge >= 0.3 is 6.18 Å². The first-order chi connectivity index (χ1) is 18.5. The second-order valence-electron chi connectivity index (χ2n) is 8.77. The van der Waals surface area contributed by atoms with Crippen LogP contribution < -0.4 is 20.3 Å². The van der Waals surface area contributed by atoms with Crippen LogP contribution in [0.15, 0.2) is 66.7 Å². The van der Waals surface area contributed by atoms with Gasteiger partial charge in [-0.05, 0) is 60.2 Å². The van der Waals surface area contributed by atoms with Crippen molar-refractivity contribution in [3.63, 3.8) is 0 Å². The topological polar surface area (TPSA) is 87.7 Å². The molecule has 0 unspecified atom stereocenters. The maximum absolute atomic E-state index is 13.0. The highest BCUT2D eigenvalue weighted by molar-refractivity contribution is 6.31. The van der Waals surface area contributed by atoms with Gasteiger partial charge in [0.1, 0.15) is 5.75 Å². The molecule has 0 spiro atoms. The predicted octanol–water partition coefficient (Wildman–Crippen LogP) is 5.70. The molecule has 204 valence electrons. The number of benzene rings is 3. The van der Waals surface area contributed by atoms with Gasteiger partial charge in [0.25, 0.3) is 5.91 Å². The van der Waals surface area contributed by atoms with Crippen molar-refractivity contribution in [3.05, 3.63) is 87.9 Å². The van der Waals surface area contributed by atoms with E-state index < -0.39 is 35.2 Å². The van der Waals surface area contributed by atoms with Crippen LogP contribution in [0.4, 0.5) is 24.5 Å². The average Bonchev–Trinajstić information content (AvgIpc) is 3.29. The fourth-order valence-electron chi connectivity index (χ4n) is 3.96. The standard InChI is InChI=1S/C27H22Cl2F3N3O4/c28-18-3-1-16(2-4-18)13-33-26(38)17-11-25(37)35(14-17)20-6-8-21(9-7-20)39-15-24(36)34-19-5-10-23(29)22(12-19)27(30,31)32/h1-10,12,17H,11,13-15H2,(H,33,38)(H,34,36)/t17-/m1/s1. The molecule has 7 nitrogen and oxygen atoms in total. The number of anilines is 2. The minimum absolute atomic E-state index is 0.0741. The third-order valence-electron chi connectivity index (χ3n) is 5.95. The Morgan fingerprint density at radius 3 is 2.36 bits per heavy atom. The molecule has 12 heteroatoms. The number of hydrogen-bond donors (Lipinski definition) is 2. The maximum Gasteiger partial charge on any atom is 0.417 e. The molecule has 1 aliphatic heterocycles. The normalized spacial score (nSPS) is 15.3. The van der Waals surface area contributed by atoms with Crippen LogP contribution in [0.2, 0.25) is 10.0 Å². The Bertz CT molecular complexity index is 1370. The predicted molar refractivity (Wildman–Crippen MR) is 141 cm³/mol. The van der Waals surface area contributed by atoms with Crippen molar-refractivity contribution in [3.8, 4) is 5.75 Å². The van der Waals surface area contributed by atoms with Gasteiger partial charge in [-0.15, -0.1) is 0 Å². The number of nitrogens with zero attached hydrogens (tertiary/aromatic N) is 1. The number of nitrogens with one attached hydrogen (secondary N) is 2. The van der Waals surface area contributed by atoms with Crippen molar-refractivity contribution in [2.45, 2.75) is 19.1 Å². The van der Waals surface area contributed by atoms with E-state index in [2.05, 4.69) is 10.6 Å². The lowest BCUT2D eigenvalue weighted by Crippen LogP contribution is -2.32. The number of carbonyl (C=O) groups excluding carboxylic acids is 3. The molecule has 3 aromatic rings. The van der Waals surface area contributed by atoms with Crippen molar-refractivity contribution in [2.24, 2.45) is 5.92 Å². The van der Waals surface area contributed by atoms with Crippen LogP contribution in [0.3, 0.4) is 0 Å². The SMILES string of the molecule is O=C(COc1ccc(N2C[C@H](C(=O)NCc3ccc(Cl)cc3)CC2=O)cc1)Nc1ccc(Cl)c(C(F)(F)F)c1. The molecular weight excluding hydrogens is 558 g/mol. The van der Waals surface area contributed by atoms with E-state index in [4.69, 9.17) is 27.9 Å². The van der Waals surface area contributed by atoms with Crippen molar-refractivity contribution in [2.75, 3.05) is 23.4 Å². The zero-order valence-electron chi connectivity index (χ0n) is 20.2. The summed E-state index contributed by atoms with van der Waals surface area (Å²) in [6.07, 6.45) is -4.58. The van der Waals surface area contributed by atoms with Gasteiger partial charge in [0, 0.05) is 35.9 Å². The van der Waals surface area contributed by atoms with Crippen LogP contribution in [0, 0.1) is 5.92 Å². The molecule has 1 saturated heterocycles. The Hall–Kier alpha value is -3.76. The second kappa shape index (κ2) is 12.0. The number of carbonyl (C=O) groups is 3. The number of alkyl halides is 3. The van der Waals surface area contributed by atoms with Gasteiger partial charge < -0.3 is 20.3 Å². The Morgan fingerprint density at radius 1 is 1.00 bits per heavy atom. The summed E-state index contributed by atoms with van der Waals surface area (Å²) in [6, 6.07) is 16.5. The maximum atomic E-state index is 13.0. The molecule has 3 aromatic carbocycles. The lowest BCUT2D eigenvalue weighted by Gasteiger charge is -2.17. The van der Waals surface area contributed by atoms with Crippen molar-refractivity contribution in [1.29, 1.82) is 0 Å². The number of ether oxygens (including phenoxy) is 1. The Kier molecular flexibility index (Phi) is 8.66. The van der Waals surface area contributed by atoms with E-state index in [0.717, 1.165) is 17.7 Å². The molecule has 1 heterocycles. The molecule has 39 heavy (non-hydrogen) atoms. The molecule has 0 bridgehead atoms. The highest BCUT2D eigenvalue weighted by Gasteiger charge is 2.35. The highest BCUT2D eigenvalue weighted by atomic mass is 35.5. The largest absolute Gasteiger partial charge is 0.484 e. The third kappa shape index (κ3) is 7.42. The van der Waals surface area contributed by atoms with Gasteiger partial charge in [-0.25, -0.2) is 0 Å². The number of amides is 3. The summed E-state index contributed by atoms with van der Waals surface area (Å²) >= 11 is 11.5. The minimum Gasteiger partial charge on any atom is -0.484 e. The van der Waals surface area contributed by atoms with Crippen molar-refractivity contribution < 1.29 is 32.3 Å². The molecule has 2 N–H and O–H groups in total. The lowest BCUT2D eigenvalue weighted by molar-refractivity contribution is -0.137. The van der Waals surface area contributed by atoms with Crippen molar-refractivity contribution >= 4 is 52.3 Å². The third-order valence-corrected chi connectivity index (χ3v) is 6.53. The molecule has 1 aliphatic rings. The summed E-state index contributed by atoms with van der Waals surface area (Å²) in [5, 5.41) is 5.30. The molecule has 1 fully saturated rings. The first-order valence-corrected chi connectivity index (χ1v) is 12.5. The van der Waals surface area contributed by atoms with Gasteiger partial charge in [0.05, 0.1) is 16.5 Å². The first-order valence-electron chi connectivity index (χ1n) is 11.7. The molecule has 0 aromatic heterocycles. The van der Waals surface area contributed by atoms with Crippen LogP contribution in [0.1, 0.15) is 17.5 Å². The molecule has 0 radical (unpaired) electrons. The second-order valence-corrected chi connectivity index (χ2v) is 9.62. The van der Waals surface area contributed by atoms with Crippen LogP contribution in [-0.4, -0.2) is 30.9 Å². The average molecular weight is 580 g/mol. The zero-order valence-corrected chi connectivity index (χ0v) is 21.7. The van der Waals surface area contributed by atoms with Crippen LogP contribution in [-0.2, 0) is 27.1 Å². The van der Waals surface area contributed by atoms with Crippen LogP contribution in [0.25, 0.3) is 0 Å². The molecule has 3 amide bonds. The van der Waals surface area contributed by atoms with E-state index in [1.807, 2.05) is 12.1 Å². The van der Waals surface area contributed by atoms with E-state index in [1.165, 1.54) is 11.0 Å². The van der Waals surface area contributed by atoms with Crippen LogP contribution >= 0.6 is 23.2 Å². The minimum atomic E-state index is -4.66.